The number of benzene rings is 1. The van der Waals surface area contributed by atoms with Gasteiger partial charge in [0, 0.05) is 38.3 Å². The van der Waals surface area contributed by atoms with E-state index in [1.54, 1.807) is 18.3 Å². The van der Waals surface area contributed by atoms with E-state index in [4.69, 9.17) is 14.5 Å². The lowest BCUT2D eigenvalue weighted by atomic mass is 10.2. The zero-order valence-electron chi connectivity index (χ0n) is 21.1. The Kier molecular flexibility index (Phi) is 7.71. The molecule has 5 rings (SSSR count). The van der Waals surface area contributed by atoms with Gasteiger partial charge in [0.05, 0.1) is 17.7 Å². The summed E-state index contributed by atoms with van der Waals surface area (Å²) >= 11 is 0. The lowest BCUT2D eigenvalue weighted by molar-refractivity contribution is -0.385. The Bertz CT molecular complexity index is 1260. The summed E-state index contributed by atoms with van der Waals surface area (Å²) in [5.41, 5.74) is 3.61. The van der Waals surface area contributed by atoms with Crippen LogP contribution in [0.3, 0.4) is 0 Å². The number of ether oxygens (including phenoxy) is 2. The van der Waals surface area contributed by atoms with Crippen molar-refractivity contribution in [2.24, 2.45) is 5.10 Å². The molecule has 2 saturated heterocycles. The van der Waals surface area contributed by atoms with Crippen molar-refractivity contribution in [3.8, 4) is 17.4 Å². The van der Waals surface area contributed by atoms with E-state index in [-0.39, 0.29) is 11.6 Å². The van der Waals surface area contributed by atoms with Crippen molar-refractivity contribution in [2.75, 3.05) is 48.0 Å². The highest BCUT2D eigenvalue weighted by Crippen LogP contribution is 2.32. The van der Waals surface area contributed by atoms with Gasteiger partial charge in [-0.3, -0.25) is 10.1 Å². The molecule has 2 aliphatic heterocycles. The van der Waals surface area contributed by atoms with Crippen molar-refractivity contribution in [1.82, 2.24) is 19.9 Å². The largest absolute Gasteiger partial charge is 0.490 e. The van der Waals surface area contributed by atoms with E-state index >= 15 is 0 Å². The molecule has 1 aromatic carbocycles. The van der Waals surface area contributed by atoms with Crippen LogP contribution < -0.4 is 24.7 Å². The minimum Gasteiger partial charge on any atom is -0.490 e. The first-order chi connectivity index (χ1) is 18.6. The Morgan fingerprint density at radius 3 is 2.26 bits per heavy atom. The minimum absolute atomic E-state index is 0.111. The zero-order chi connectivity index (χ0) is 26.3. The van der Waals surface area contributed by atoms with E-state index in [9.17, 15) is 10.1 Å². The molecule has 1 N–H and O–H groups in total. The number of nitro groups is 1. The molecule has 0 aliphatic carbocycles. The van der Waals surface area contributed by atoms with Crippen LogP contribution in [0.15, 0.2) is 41.6 Å². The molecular formula is C25H29N9O4. The van der Waals surface area contributed by atoms with E-state index in [1.807, 2.05) is 13.0 Å². The average molecular weight is 520 g/mol. The molecule has 2 fully saturated rings. The average Bonchev–Trinajstić information content (AvgIpc) is 3.66. The monoisotopic (exact) mass is 519 g/mol. The predicted octanol–water partition coefficient (Wildman–Crippen LogP) is 4.01. The van der Waals surface area contributed by atoms with Gasteiger partial charge in [-0.25, -0.2) is 10.4 Å². The molecule has 2 aliphatic rings. The third-order valence-corrected chi connectivity index (χ3v) is 6.18. The molecule has 0 atom stereocenters. The molecule has 0 saturated carbocycles. The quantitative estimate of drug-likeness (QED) is 0.236. The zero-order valence-corrected chi connectivity index (χ0v) is 21.1. The fourth-order valence-electron chi connectivity index (χ4n) is 4.30. The topological polar surface area (TPSA) is 144 Å². The molecule has 3 aromatic rings. The van der Waals surface area contributed by atoms with Crippen LogP contribution in [0.25, 0.3) is 0 Å². The molecule has 0 amide bonds. The summed E-state index contributed by atoms with van der Waals surface area (Å²) in [7, 11) is 0. The summed E-state index contributed by atoms with van der Waals surface area (Å²) in [6, 6.07) is 8.10. The number of nitrogens with zero attached hydrogens (tertiary/aromatic N) is 8. The smallest absolute Gasteiger partial charge is 0.287 e. The molecule has 2 aromatic heterocycles. The highest BCUT2D eigenvalue weighted by molar-refractivity contribution is 5.81. The second-order valence-electron chi connectivity index (χ2n) is 8.87. The highest BCUT2D eigenvalue weighted by Gasteiger charge is 2.21. The van der Waals surface area contributed by atoms with Crippen LogP contribution in [0.2, 0.25) is 0 Å². The molecule has 0 radical (unpaired) electrons. The molecule has 0 bridgehead atoms. The minimum atomic E-state index is -0.512. The summed E-state index contributed by atoms with van der Waals surface area (Å²) in [5, 5.41) is 15.2. The van der Waals surface area contributed by atoms with Crippen molar-refractivity contribution in [3.63, 3.8) is 0 Å². The normalized spacial score (nSPS) is 15.3. The van der Waals surface area contributed by atoms with Crippen LogP contribution in [0.4, 0.5) is 23.5 Å². The molecule has 0 spiro atoms. The Hall–Kier alpha value is -4.55. The molecule has 0 unspecified atom stereocenters. The second-order valence-corrected chi connectivity index (χ2v) is 8.87. The molecule has 13 heteroatoms. The fourth-order valence-corrected chi connectivity index (χ4v) is 4.30. The number of hydrogen-bond acceptors (Lipinski definition) is 12. The standard InChI is InChI=1S/C25H29N9O4/c1-2-37-21-15-18(7-9-20(21)38-22-10-8-19(17-26-22)34(35)36)16-27-31-23-28-24(32-11-3-4-12-32)30-25(29-23)33-13-5-6-14-33/h7-10,15-17H,2-6,11-14H2,1H3,(H,28,29,30,31)/b27-16+. The van der Waals surface area contributed by atoms with E-state index in [0.29, 0.717) is 36.0 Å². The van der Waals surface area contributed by atoms with Crippen LogP contribution in [-0.2, 0) is 0 Å². The lowest BCUT2D eigenvalue weighted by Crippen LogP contribution is -2.25. The third-order valence-electron chi connectivity index (χ3n) is 6.18. The Morgan fingerprint density at radius 2 is 1.68 bits per heavy atom. The first-order valence-electron chi connectivity index (χ1n) is 12.7. The molecule has 13 nitrogen and oxygen atoms in total. The van der Waals surface area contributed by atoms with Gasteiger partial charge in [0.25, 0.3) is 5.69 Å². The van der Waals surface area contributed by atoms with Gasteiger partial charge < -0.3 is 19.3 Å². The van der Waals surface area contributed by atoms with E-state index < -0.39 is 4.92 Å². The number of pyridine rings is 1. The predicted molar refractivity (Wildman–Crippen MR) is 143 cm³/mol. The van der Waals surface area contributed by atoms with Crippen molar-refractivity contribution in [1.29, 1.82) is 0 Å². The SMILES string of the molecule is CCOc1cc(/C=N/Nc2nc(N3CCCC3)nc(N3CCCC3)n2)ccc1Oc1ccc([N+](=O)[O-])cn1. The van der Waals surface area contributed by atoms with Crippen LogP contribution in [0.5, 0.6) is 17.4 Å². The van der Waals surface area contributed by atoms with Gasteiger partial charge in [-0.15, -0.1) is 0 Å². The van der Waals surface area contributed by atoms with Crippen LogP contribution in [0.1, 0.15) is 38.2 Å². The number of nitrogens with one attached hydrogen (secondary N) is 1. The van der Waals surface area contributed by atoms with Crippen LogP contribution >= 0.6 is 0 Å². The summed E-state index contributed by atoms with van der Waals surface area (Å²) in [4.78, 5) is 32.6. The summed E-state index contributed by atoms with van der Waals surface area (Å²) < 4.78 is 11.5. The molecular weight excluding hydrogens is 490 g/mol. The molecule has 38 heavy (non-hydrogen) atoms. The highest BCUT2D eigenvalue weighted by atomic mass is 16.6. The molecule has 4 heterocycles. The van der Waals surface area contributed by atoms with E-state index in [2.05, 4.69) is 35.3 Å². The van der Waals surface area contributed by atoms with Crippen molar-refractivity contribution in [3.05, 3.63) is 52.2 Å². The van der Waals surface area contributed by atoms with Gasteiger partial charge in [0.15, 0.2) is 11.5 Å². The van der Waals surface area contributed by atoms with Gasteiger partial charge in [-0.2, -0.15) is 20.1 Å². The first kappa shape index (κ1) is 25.1. The Balaban J connectivity index is 1.31. The van der Waals surface area contributed by atoms with Crippen LogP contribution in [-0.4, -0.2) is 63.9 Å². The number of hydrazone groups is 1. The fraction of sp³-hybridized carbons (Fsp3) is 0.400. The van der Waals surface area contributed by atoms with E-state index in [0.717, 1.165) is 63.6 Å². The van der Waals surface area contributed by atoms with Crippen LogP contribution in [0, 0.1) is 10.1 Å². The second kappa shape index (κ2) is 11.7. The van der Waals surface area contributed by atoms with Gasteiger partial charge in [-0.1, -0.05) is 0 Å². The van der Waals surface area contributed by atoms with Gasteiger partial charge in [-0.05, 0) is 56.4 Å². The van der Waals surface area contributed by atoms with E-state index in [1.165, 1.54) is 12.1 Å². The number of anilines is 3. The van der Waals surface area contributed by atoms with Gasteiger partial charge in [0.2, 0.25) is 23.7 Å². The van der Waals surface area contributed by atoms with Gasteiger partial charge >= 0.3 is 0 Å². The number of aromatic nitrogens is 4. The maximum atomic E-state index is 10.8. The lowest BCUT2D eigenvalue weighted by Gasteiger charge is -2.20. The summed E-state index contributed by atoms with van der Waals surface area (Å²) in [6.07, 6.45) is 7.32. The maximum absolute atomic E-state index is 10.8. The first-order valence-corrected chi connectivity index (χ1v) is 12.7. The Labute approximate surface area is 219 Å². The maximum Gasteiger partial charge on any atom is 0.287 e. The third kappa shape index (κ3) is 6.05. The van der Waals surface area contributed by atoms with Crippen molar-refractivity contribution in [2.45, 2.75) is 32.6 Å². The van der Waals surface area contributed by atoms with Crippen molar-refractivity contribution >= 4 is 29.7 Å². The summed E-state index contributed by atoms with van der Waals surface area (Å²) in [6.45, 7) is 6.05. The number of hydrogen-bond donors (Lipinski definition) is 1. The van der Waals surface area contributed by atoms with Gasteiger partial charge in [0.1, 0.15) is 6.20 Å². The Morgan fingerprint density at radius 1 is 1.00 bits per heavy atom. The van der Waals surface area contributed by atoms with Crippen molar-refractivity contribution < 1.29 is 14.4 Å². The summed E-state index contributed by atoms with van der Waals surface area (Å²) in [5.74, 6) is 2.89. The number of rotatable bonds is 10. The molecule has 198 valence electrons.